The van der Waals surface area contributed by atoms with Crippen molar-refractivity contribution in [1.82, 2.24) is 19.6 Å². The molecule has 0 spiro atoms. The van der Waals surface area contributed by atoms with Crippen LogP contribution in [0.1, 0.15) is 18.9 Å². The van der Waals surface area contributed by atoms with Crippen LogP contribution in [0.2, 0.25) is 0 Å². The molecule has 5 heterocycles. The van der Waals surface area contributed by atoms with Crippen molar-refractivity contribution in [2.75, 3.05) is 41.3 Å². The van der Waals surface area contributed by atoms with E-state index in [1.807, 2.05) is 30.5 Å². The molecular formula is C23H26N6O4S. The Balaban J connectivity index is 1.63. The van der Waals surface area contributed by atoms with Crippen LogP contribution in [0.25, 0.3) is 27.8 Å². The van der Waals surface area contributed by atoms with Crippen molar-refractivity contribution in [3.63, 3.8) is 0 Å². The molecule has 2 fully saturated rings. The van der Waals surface area contributed by atoms with Crippen LogP contribution in [0, 0.1) is 0 Å². The Kier molecular flexibility index (Phi) is 5.01. The van der Waals surface area contributed by atoms with Gasteiger partial charge in [-0.25, -0.2) is 17.9 Å². The molecule has 1 aromatic carbocycles. The maximum atomic E-state index is 12.7. The first-order valence-electron chi connectivity index (χ1n) is 11.4. The van der Waals surface area contributed by atoms with Crippen LogP contribution in [0.3, 0.4) is 0 Å². The lowest BCUT2D eigenvalue weighted by Crippen LogP contribution is -2.44. The highest BCUT2D eigenvalue weighted by Crippen LogP contribution is 2.34. The SMILES string of the molecule is C[C@@H]1COCCN1c1nc(-c2cc(CO)cc3[nH]ccc23)nn2c(N3CCCS3(=O)=O)ccc12. The smallest absolute Gasteiger partial charge is 0.236 e. The fraction of sp³-hybridized carbons (Fsp3) is 0.391. The Morgan fingerprint density at radius 3 is 2.88 bits per heavy atom. The van der Waals surface area contributed by atoms with Crippen molar-refractivity contribution in [1.29, 1.82) is 0 Å². The largest absolute Gasteiger partial charge is 0.392 e. The summed E-state index contributed by atoms with van der Waals surface area (Å²) in [6, 6.07) is 9.55. The minimum Gasteiger partial charge on any atom is -0.392 e. The molecule has 0 radical (unpaired) electrons. The third-order valence-electron chi connectivity index (χ3n) is 6.62. The fourth-order valence-corrected chi connectivity index (χ4v) is 6.47. The number of sulfonamides is 1. The fourth-order valence-electron chi connectivity index (χ4n) is 4.92. The lowest BCUT2D eigenvalue weighted by Gasteiger charge is -2.34. The number of hydrogen-bond acceptors (Lipinski definition) is 7. The third kappa shape index (κ3) is 3.34. The monoisotopic (exact) mass is 482 g/mol. The Morgan fingerprint density at radius 1 is 1.24 bits per heavy atom. The molecule has 0 amide bonds. The number of anilines is 2. The van der Waals surface area contributed by atoms with E-state index in [-0.39, 0.29) is 18.4 Å². The molecule has 2 aliphatic heterocycles. The van der Waals surface area contributed by atoms with Gasteiger partial charge in [-0.15, -0.1) is 5.10 Å². The van der Waals surface area contributed by atoms with E-state index in [1.54, 1.807) is 10.6 Å². The molecule has 4 aromatic rings. The van der Waals surface area contributed by atoms with Gasteiger partial charge < -0.3 is 19.7 Å². The zero-order valence-corrected chi connectivity index (χ0v) is 19.6. The van der Waals surface area contributed by atoms with Gasteiger partial charge in [0.15, 0.2) is 11.6 Å². The number of aromatic nitrogens is 4. The molecule has 1 atom stereocenters. The summed E-state index contributed by atoms with van der Waals surface area (Å²) in [6.07, 6.45) is 2.43. The predicted molar refractivity (Wildman–Crippen MR) is 130 cm³/mol. The van der Waals surface area contributed by atoms with Crippen molar-refractivity contribution in [3.05, 3.63) is 42.1 Å². The number of benzene rings is 1. The standard InChI is InChI=1S/C23H26N6O4S/c1-15-14-33-9-8-27(15)23-20-3-4-21(28-7-2-10-34(28,31)32)29(20)26-22(25-23)18-11-16(13-30)12-19-17(18)5-6-24-19/h3-6,11-12,15,24,30H,2,7-10,13-14H2,1H3/t15-/m1/s1. The number of hydrogen-bond donors (Lipinski definition) is 2. The summed E-state index contributed by atoms with van der Waals surface area (Å²) < 4.78 is 34.2. The van der Waals surface area contributed by atoms with E-state index in [2.05, 4.69) is 16.8 Å². The van der Waals surface area contributed by atoms with E-state index in [0.29, 0.717) is 44.4 Å². The van der Waals surface area contributed by atoms with Gasteiger partial charge in [-0.05, 0) is 49.2 Å². The zero-order chi connectivity index (χ0) is 23.4. The molecule has 11 heteroatoms. The Labute approximate surface area is 196 Å². The van der Waals surface area contributed by atoms with E-state index in [0.717, 1.165) is 33.4 Å². The molecular weight excluding hydrogens is 456 g/mol. The van der Waals surface area contributed by atoms with Gasteiger partial charge in [0.1, 0.15) is 11.3 Å². The average molecular weight is 483 g/mol. The van der Waals surface area contributed by atoms with Crippen LogP contribution >= 0.6 is 0 Å². The summed E-state index contributed by atoms with van der Waals surface area (Å²) in [4.78, 5) is 10.4. The second kappa shape index (κ2) is 7.97. The molecule has 2 N–H and O–H groups in total. The van der Waals surface area contributed by atoms with Gasteiger partial charge >= 0.3 is 0 Å². The molecule has 2 saturated heterocycles. The summed E-state index contributed by atoms with van der Waals surface area (Å²) >= 11 is 0. The van der Waals surface area contributed by atoms with Gasteiger partial charge in [-0.3, -0.25) is 4.31 Å². The lowest BCUT2D eigenvalue weighted by molar-refractivity contribution is 0.0986. The Bertz CT molecular complexity index is 1490. The first kappa shape index (κ1) is 21.4. The van der Waals surface area contributed by atoms with Gasteiger partial charge in [-0.1, -0.05) is 0 Å². The number of rotatable bonds is 4. The molecule has 34 heavy (non-hydrogen) atoms. The van der Waals surface area contributed by atoms with E-state index >= 15 is 0 Å². The second-order valence-corrected chi connectivity index (χ2v) is 10.9. The van der Waals surface area contributed by atoms with Gasteiger partial charge in [0.2, 0.25) is 10.0 Å². The summed E-state index contributed by atoms with van der Waals surface area (Å²) in [5.41, 5.74) is 3.14. The van der Waals surface area contributed by atoms with E-state index in [4.69, 9.17) is 14.8 Å². The van der Waals surface area contributed by atoms with Crippen LogP contribution in [-0.4, -0.2) is 71.2 Å². The number of aliphatic hydroxyl groups excluding tert-OH is 1. The summed E-state index contributed by atoms with van der Waals surface area (Å²) in [6.45, 7) is 4.25. The number of nitrogens with zero attached hydrogens (tertiary/aromatic N) is 5. The number of morpholine rings is 1. The summed E-state index contributed by atoms with van der Waals surface area (Å²) in [5.74, 6) is 1.85. The lowest BCUT2D eigenvalue weighted by atomic mass is 10.1. The number of aromatic amines is 1. The molecule has 0 aliphatic carbocycles. The van der Waals surface area contributed by atoms with Gasteiger partial charge in [0, 0.05) is 35.8 Å². The van der Waals surface area contributed by atoms with Crippen LogP contribution in [0.4, 0.5) is 11.6 Å². The zero-order valence-electron chi connectivity index (χ0n) is 18.8. The van der Waals surface area contributed by atoms with Crippen molar-refractivity contribution in [2.45, 2.75) is 26.0 Å². The minimum atomic E-state index is -3.38. The van der Waals surface area contributed by atoms with Crippen molar-refractivity contribution >= 4 is 38.1 Å². The maximum absolute atomic E-state index is 12.7. The molecule has 0 bridgehead atoms. The van der Waals surface area contributed by atoms with Crippen molar-refractivity contribution in [2.24, 2.45) is 0 Å². The topological polar surface area (TPSA) is 116 Å². The second-order valence-electron chi connectivity index (χ2n) is 8.85. The number of nitrogens with one attached hydrogen (secondary N) is 1. The van der Waals surface area contributed by atoms with Crippen molar-refractivity contribution in [3.8, 4) is 11.4 Å². The first-order chi connectivity index (χ1) is 16.5. The maximum Gasteiger partial charge on any atom is 0.236 e. The van der Waals surface area contributed by atoms with Crippen molar-refractivity contribution < 1.29 is 18.3 Å². The normalized spacial score (nSPS) is 20.6. The number of H-pyrrole nitrogens is 1. The highest BCUT2D eigenvalue weighted by molar-refractivity contribution is 7.93. The predicted octanol–water partition coefficient (Wildman–Crippen LogP) is 2.13. The molecule has 0 unspecified atom stereocenters. The van der Waals surface area contributed by atoms with Gasteiger partial charge in [-0.2, -0.15) is 0 Å². The van der Waals surface area contributed by atoms with Crippen LogP contribution in [0.5, 0.6) is 0 Å². The van der Waals surface area contributed by atoms with Gasteiger partial charge in [0.25, 0.3) is 0 Å². The summed E-state index contributed by atoms with van der Waals surface area (Å²) in [5, 5.41) is 15.6. The number of fused-ring (bicyclic) bond motifs is 2. The quantitative estimate of drug-likeness (QED) is 0.458. The highest BCUT2D eigenvalue weighted by atomic mass is 32.2. The van der Waals surface area contributed by atoms with Crippen LogP contribution < -0.4 is 9.21 Å². The van der Waals surface area contributed by atoms with E-state index < -0.39 is 10.0 Å². The van der Waals surface area contributed by atoms with Gasteiger partial charge in [0.05, 0.1) is 31.6 Å². The number of ether oxygens (including phenoxy) is 1. The highest BCUT2D eigenvalue weighted by Gasteiger charge is 2.32. The molecule has 178 valence electrons. The average Bonchev–Trinajstić information content (AvgIpc) is 3.55. The van der Waals surface area contributed by atoms with E-state index in [1.165, 1.54) is 4.31 Å². The molecule has 3 aromatic heterocycles. The summed E-state index contributed by atoms with van der Waals surface area (Å²) in [7, 11) is -3.38. The Morgan fingerprint density at radius 2 is 2.12 bits per heavy atom. The molecule has 0 saturated carbocycles. The number of aliphatic hydroxyl groups is 1. The van der Waals surface area contributed by atoms with E-state index in [9.17, 15) is 13.5 Å². The van der Waals surface area contributed by atoms with Crippen LogP contribution in [0.15, 0.2) is 36.5 Å². The van der Waals surface area contributed by atoms with Crippen LogP contribution in [-0.2, 0) is 21.4 Å². The Hall–Kier alpha value is -3.15. The molecule has 10 nitrogen and oxygen atoms in total. The third-order valence-corrected chi connectivity index (χ3v) is 8.46. The molecule has 6 rings (SSSR count). The molecule has 2 aliphatic rings. The minimum absolute atomic E-state index is 0.102. The first-order valence-corrected chi connectivity index (χ1v) is 13.0.